The third-order valence-electron chi connectivity index (χ3n) is 5.45. The van der Waals surface area contributed by atoms with Crippen molar-refractivity contribution in [2.24, 2.45) is 0 Å². The summed E-state index contributed by atoms with van der Waals surface area (Å²) in [7, 11) is 1.58. The summed E-state index contributed by atoms with van der Waals surface area (Å²) in [6.45, 7) is 4.15. The van der Waals surface area contributed by atoms with E-state index in [1.54, 1.807) is 38.3 Å². The Morgan fingerprint density at radius 1 is 1.18 bits per heavy atom. The zero-order valence-corrected chi connectivity index (χ0v) is 19.2. The number of hydrogen-bond donors (Lipinski definition) is 1. The van der Waals surface area contributed by atoms with Crippen LogP contribution in [0, 0.1) is 11.3 Å². The van der Waals surface area contributed by atoms with Crippen LogP contribution in [0.4, 0.5) is 4.79 Å². The van der Waals surface area contributed by atoms with Crippen LogP contribution in [0.1, 0.15) is 30.7 Å². The zero-order valence-electron chi connectivity index (χ0n) is 18.4. The summed E-state index contributed by atoms with van der Waals surface area (Å²) in [4.78, 5) is 31.6. The van der Waals surface area contributed by atoms with Crippen LogP contribution in [-0.2, 0) is 16.9 Å². The number of amides is 3. The third-order valence-corrected chi connectivity index (χ3v) is 6.39. The zero-order chi connectivity index (χ0) is 23.6. The van der Waals surface area contributed by atoms with Crippen molar-refractivity contribution < 1.29 is 19.1 Å². The molecule has 168 valence electrons. The quantitative estimate of drug-likeness (QED) is 0.531. The molecule has 1 aromatic heterocycles. The Hall–Kier alpha value is -3.90. The lowest BCUT2D eigenvalue weighted by Crippen LogP contribution is -2.40. The molecule has 4 rings (SSSR count). The number of thiazole rings is 1. The molecule has 3 aromatic rings. The van der Waals surface area contributed by atoms with Gasteiger partial charge >= 0.3 is 6.03 Å². The van der Waals surface area contributed by atoms with Gasteiger partial charge in [-0.25, -0.2) is 9.78 Å². The molecule has 0 radical (unpaired) electrons. The number of aromatic nitrogens is 1. The second-order valence-corrected chi connectivity index (χ2v) is 8.44. The monoisotopic (exact) mass is 462 g/mol. The first-order valence-electron chi connectivity index (χ1n) is 10.3. The van der Waals surface area contributed by atoms with Crippen LogP contribution < -0.4 is 14.8 Å². The number of carbonyl (C=O) groups excluding carboxylic acids is 2. The highest BCUT2D eigenvalue weighted by atomic mass is 32.1. The molecule has 1 unspecified atom stereocenters. The number of urea groups is 1. The molecule has 0 spiro atoms. The molecule has 1 saturated heterocycles. The van der Waals surface area contributed by atoms with Gasteiger partial charge < -0.3 is 14.8 Å². The molecule has 9 heteroatoms. The molecule has 1 aliphatic rings. The molecular formula is C24H22N4O4S. The van der Waals surface area contributed by atoms with E-state index in [0.717, 1.165) is 15.5 Å². The van der Waals surface area contributed by atoms with Gasteiger partial charge in [-0.1, -0.05) is 12.1 Å². The van der Waals surface area contributed by atoms with E-state index in [-0.39, 0.29) is 12.5 Å². The van der Waals surface area contributed by atoms with Crippen molar-refractivity contribution in [3.05, 3.63) is 64.7 Å². The van der Waals surface area contributed by atoms with Crippen molar-refractivity contribution >= 4 is 23.3 Å². The van der Waals surface area contributed by atoms with Gasteiger partial charge in [0.2, 0.25) is 0 Å². The highest BCUT2D eigenvalue weighted by Crippen LogP contribution is 2.35. The summed E-state index contributed by atoms with van der Waals surface area (Å²) in [5.74, 6) is 0.898. The molecule has 1 aliphatic heterocycles. The Morgan fingerprint density at radius 3 is 2.61 bits per heavy atom. The molecule has 1 N–H and O–H groups in total. The first kappa shape index (κ1) is 22.3. The fourth-order valence-electron chi connectivity index (χ4n) is 3.66. The summed E-state index contributed by atoms with van der Waals surface area (Å²) in [5, 5.41) is 14.3. The maximum atomic E-state index is 13.2. The van der Waals surface area contributed by atoms with Gasteiger partial charge in [0.15, 0.2) is 11.5 Å². The summed E-state index contributed by atoms with van der Waals surface area (Å²) >= 11 is 1.42. The van der Waals surface area contributed by atoms with E-state index in [2.05, 4.69) is 10.3 Å². The molecule has 2 heterocycles. The minimum absolute atomic E-state index is 0.0567. The van der Waals surface area contributed by atoms with Gasteiger partial charge in [0, 0.05) is 10.9 Å². The van der Waals surface area contributed by atoms with Crippen LogP contribution in [0.2, 0.25) is 0 Å². The van der Waals surface area contributed by atoms with E-state index in [0.29, 0.717) is 34.9 Å². The van der Waals surface area contributed by atoms with Gasteiger partial charge in [-0.3, -0.25) is 9.69 Å². The van der Waals surface area contributed by atoms with Crippen molar-refractivity contribution in [3.63, 3.8) is 0 Å². The van der Waals surface area contributed by atoms with Gasteiger partial charge in [-0.2, -0.15) is 5.26 Å². The predicted octanol–water partition coefficient (Wildman–Crippen LogP) is 4.06. The first-order valence-corrected chi connectivity index (χ1v) is 11.2. The maximum absolute atomic E-state index is 13.2. The second kappa shape index (κ2) is 8.92. The molecule has 2 aromatic carbocycles. The number of rotatable bonds is 7. The van der Waals surface area contributed by atoms with Gasteiger partial charge in [-0.15, -0.1) is 11.3 Å². The highest BCUT2D eigenvalue weighted by Gasteiger charge is 2.49. The number of ether oxygens (including phenoxy) is 2. The topological polar surface area (TPSA) is 105 Å². The summed E-state index contributed by atoms with van der Waals surface area (Å²) in [6.07, 6.45) is 0. The van der Waals surface area contributed by atoms with E-state index >= 15 is 0 Å². The van der Waals surface area contributed by atoms with Crippen molar-refractivity contribution in [2.45, 2.75) is 25.9 Å². The van der Waals surface area contributed by atoms with E-state index in [1.807, 2.05) is 36.6 Å². The summed E-state index contributed by atoms with van der Waals surface area (Å²) in [5.41, 5.74) is 1.35. The molecule has 1 fully saturated rings. The summed E-state index contributed by atoms with van der Waals surface area (Å²) in [6, 6.07) is 13.8. The average Bonchev–Trinajstić information content (AvgIpc) is 3.38. The van der Waals surface area contributed by atoms with Crippen LogP contribution in [-0.4, -0.2) is 35.5 Å². The van der Waals surface area contributed by atoms with Gasteiger partial charge in [0.1, 0.15) is 10.5 Å². The molecule has 1 atom stereocenters. The smallest absolute Gasteiger partial charge is 0.325 e. The number of nitriles is 1. The number of carbonyl (C=O) groups is 2. The number of nitrogens with one attached hydrogen (secondary N) is 1. The minimum Gasteiger partial charge on any atom is -0.493 e. The van der Waals surface area contributed by atoms with Crippen LogP contribution in [0.25, 0.3) is 10.6 Å². The lowest BCUT2D eigenvalue weighted by Gasteiger charge is -2.22. The van der Waals surface area contributed by atoms with Crippen molar-refractivity contribution in [2.75, 3.05) is 13.7 Å². The first-order chi connectivity index (χ1) is 15.9. The van der Waals surface area contributed by atoms with Crippen molar-refractivity contribution in [1.29, 1.82) is 5.26 Å². The number of imide groups is 1. The molecule has 0 saturated carbocycles. The molecular weight excluding hydrogens is 440 g/mol. The molecule has 8 nitrogen and oxygen atoms in total. The minimum atomic E-state index is -1.20. The van der Waals surface area contributed by atoms with Crippen LogP contribution in [0.5, 0.6) is 11.5 Å². The summed E-state index contributed by atoms with van der Waals surface area (Å²) < 4.78 is 11.0. The average molecular weight is 463 g/mol. The fourth-order valence-corrected chi connectivity index (χ4v) is 4.47. The number of nitrogens with zero attached hydrogens (tertiary/aromatic N) is 3. The molecule has 33 heavy (non-hydrogen) atoms. The second-order valence-electron chi connectivity index (χ2n) is 7.58. The Morgan fingerprint density at radius 2 is 1.94 bits per heavy atom. The third kappa shape index (κ3) is 4.13. The van der Waals surface area contributed by atoms with Gasteiger partial charge in [0.05, 0.1) is 37.6 Å². The Labute approximate surface area is 195 Å². The Kier molecular flexibility index (Phi) is 6.03. The maximum Gasteiger partial charge on any atom is 0.325 e. The number of benzene rings is 2. The largest absolute Gasteiger partial charge is 0.493 e. The van der Waals surface area contributed by atoms with Gasteiger partial charge in [-0.05, 0) is 49.7 Å². The van der Waals surface area contributed by atoms with Gasteiger partial charge in [0.25, 0.3) is 5.91 Å². The van der Waals surface area contributed by atoms with Crippen LogP contribution in [0.3, 0.4) is 0 Å². The van der Waals surface area contributed by atoms with Crippen LogP contribution >= 0.6 is 11.3 Å². The molecule has 0 aliphatic carbocycles. The normalized spacial score (nSPS) is 17.6. The standard InChI is InChI=1S/C24H22N4O4S/c1-4-32-19-10-7-16(11-20(19)31-3)21-26-18(14-33-21)13-28-22(29)24(2,27-23(28)30)17-8-5-15(12-25)6-9-17/h5-11,14H,4,13H2,1-3H3,(H,27,30). The van der Waals surface area contributed by atoms with E-state index in [9.17, 15) is 9.59 Å². The number of hydrogen-bond acceptors (Lipinski definition) is 7. The Bertz CT molecular complexity index is 1250. The van der Waals surface area contributed by atoms with E-state index < -0.39 is 11.6 Å². The van der Waals surface area contributed by atoms with Crippen molar-refractivity contribution in [3.8, 4) is 28.1 Å². The molecule has 0 bridgehead atoms. The van der Waals surface area contributed by atoms with Crippen molar-refractivity contribution in [1.82, 2.24) is 15.2 Å². The fraction of sp³-hybridized carbons (Fsp3) is 0.250. The Balaban J connectivity index is 1.54. The van der Waals surface area contributed by atoms with Crippen LogP contribution in [0.15, 0.2) is 47.8 Å². The lowest BCUT2D eigenvalue weighted by molar-refractivity contribution is -0.131. The number of methoxy groups -OCH3 is 1. The molecule has 3 amide bonds. The SMILES string of the molecule is CCOc1ccc(-c2nc(CN3C(=O)NC(C)(c4ccc(C#N)cc4)C3=O)cs2)cc1OC. The predicted molar refractivity (Wildman–Crippen MR) is 123 cm³/mol. The van der Waals surface area contributed by atoms with E-state index in [4.69, 9.17) is 14.7 Å². The lowest BCUT2D eigenvalue weighted by atomic mass is 9.91. The highest BCUT2D eigenvalue weighted by molar-refractivity contribution is 7.13. The van der Waals surface area contributed by atoms with E-state index in [1.165, 1.54) is 11.3 Å².